The summed E-state index contributed by atoms with van der Waals surface area (Å²) in [6.45, 7) is 9.69. The van der Waals surface area contributed by atoms with Gasteiger partial charge in [0.25, 0.3) is 0 Å². The molecule has 0 atom stereocenters. The Morgan fingerprint density at radius 3 is 2.69 bits per heavy atom. The molecule has 2 heterocycles. The smallest absolute Gasteiger partial charge is 0.213 e. The molecule has 1 aliphatic rings. The van der Waals surface area contributed by atoms with Crippen molar-refractivity contribution >= 4 is 34.8 Å². The maximum atomic E-state index is 6.57. The lowest BCUT2D eigenvalue weighted by Crippen LogP contribution is -2.44. The first-order valence-electron chi connectivity index (χ1n) is 8.71. The van der Waals surface area contributed by atoms with Crippen LogP contribution in [0.4, 0.5) is 11.4 Å². The van der Waals surface area contributed by atoms with Crippen LogP contribution in [0.3, 0.4) is 0 Å². The quantitative estimate of drug-likeness (QED) is 0.666. The topological polar surface area (TPSA) is 37.7 Å². The van der Waals surface area contributed by atoms with Gasteiger partial charge in [-0.2, -0.15) is 0 Å². The van der Waals surface area contributed by atoms with E-state index >= 15 is 0 Å². The molecule has 0 radical (unpaired) electrons. The van der Waals surface area contributed by atoms with Crippen molar-refractivity contribution in [3.05, 3.63) is 52.7 Å². The summed E-state index contributed by atoms with van der Waals surface area (Å²) in [7, 11) is 1.59. The maximum Gasteiger partial charge on any atom is 0.213 e. The van der Waals surface area contributed by atoms with Gasteiger partial charge in [-0.25, -0.2) is 4.98 Å². The van der Waals surface area contributed by atoms with E-state index in [1.54, 1.807) is 25.6 Å². The van der Waals surface area contributed by atoms with Crippen molar-refractivity contribution in [3.63, 3.8) is 0 Å². The highest BCUT2D eigenvalue weighted by Gasteiger charge is 2.30. The monoisotopic (exact) mass is 369 g/mol. The van der Waals surface area contributed by atoms with Crippen molar-refractivity contribution in [1.29, 1.82) is 0 Å². The summed E-state index contributed by atoms with van der Waals surface area (Å²) < 4.78 is 5.07. The molecule has 5 heteroatoms. The van der Waals surface area contributed by atoms with Crippen molar-refractivity contribution < 1.29 is 4.74 Å². The highest BCUT2D eigenvalue weighted by Crippen LogP contribution is 2.41. The number of hydrogen-bond donors (Lipinski definition) is 0. The highest BCUT2D eigenvalue weighted by atomic mass is 35.5. The van der Waals surface area contributed by atoms with Crippen LogP contribution in [0.15, 0.2) is 41.5 Å². The van der Waals surface area contributed by atoms with Gasteiger partial charge >= 0.3 is 0 Å². The average Bonchev–Trinajstić information content (AvgIpc) is 2.60. The molecular weight excluding hydrogens is 346 g/mol. The van der Waals surface area contributed by atoms with E-state index in [0.29, 0.717) is 10.9 Å². The minimum absolute atomic E-state index is 0.0282. The lowest BCUT2D eigenvalue weighted by Gasteiger charge is -2.43. The Bertz CT molecular complexity index is 870. The molecule has 1 aliphatic heterocycles. The summed E-state index contributed by atoms with van der Waals surface area (Å²) in [5.41, 5.74) is 5.25. The molecule has 0 saturated carbocycles. The number of pyridine rings is 1. The number of allylic oxidation sites excluding steroid dienone is 1. The van der Waals surface area contributed by atoms with E-state index in [9.17, 15) is 0 Å². The molecule has 1 aromatic heterocycles. The van der Waals surface area contributed by atoms with E-state index in [1.807, 2.05) is 12.1 Å². The number of ether oxygens (including phenoxy) is 1. The summed E-state index contributed by atoms with van der Waals surface area (Å²) in [6, 6.07) is 7.81. The second-order valence-corrected chi connectivity index (χ2v) is 7.34. The van der Waals surface area contributed by atoms with Crippen LogP contribution in [-0.4, -0.2) is 30.4 Å². The second-order valence-electron chi connectivity index (χ2n) is 6.93. The van der Waals surface area contributed by atoms with Gasteiger partial charge in [0.2, 0.25) is 5.88 Å². The molecule has 1 aromatic carbocycles. The van der Waals surface area contributed by atoms with Crippen LogP contribution in [0.5, 0.6) is 5.88 Å². The second kappa shape index (κ2) is 7.12. The zero-order chi connectivity index (χ0) is 18.9. The summed E-state index contributed by atoms with van der Waals surface area (Å²) in [5.74, 6) is 0.568. The van der Waals surface area contributed by atoms with Gasteiger partial charge in [-0.15, -0.1) is 0 Å². The van der Waals surface area contributed by atoms with Crippen molar-refractivity contribution in [2.24, 2.45) is 4.99 Å². The lowest BCUT2D eigenvalue weighted by molar-refractivity contribution is 0.398. The van der Waals surface area contributed by atoms with Crippen molar-refractivity contribution in [3.8, 4) is 5.88 Å². The van der Waals surface area contributed by atoms with Crippen molar-refractivity contribution in [2.45, 2.75) is 33.2 Å². The van der Waals surface area contributed by atoms with E-state index in [0.717, 1.165) is 17.8 Å². The number of aliphatic imine (C=N–C) groups is 1. The van der Waals surface area contributed by atoms with Crippen LogP contribution in [-0.2, 0) is 0 Å². The van der Waals surface area contributed by atoms with Gasteiger partial charge in [0.05, 0.1) is 29.6 Å². The standard InChI is InChI=1S/C21H24ClN3O/c1-6-25-19-10-18(22)15(9-17(19)14(2)11-21(25,3)4)12-23-16-7-8-20(26-5)24-13-16/h7-13H,6H2,1-5H3. The molecule has 0 amide bonds. The van der Waals surface area contributed by atoms with E-state index in [1.165, 1.54) is 16.8 Å². The van der Waals surface area contributed by atoms with Crippen molar-refractivity contribution in [1.82, 2.24) is 4.98 Å². The highest BCUT2D eigenvalue weighted by molar-refractivity contribution is 6.33. The number of benzene rings is 1. The molecule has 0 N–H and O–H groups in total. The van der Waals surface area contributed by atoms with E-state index < -0.39 is 0 Å². The molecule has 0 fully saturated rings. The fourth-order valence-electron chi connectivity index (χ4n) is 3.51. The first kappa shape index (κ1) is 18.5. The van der Waals surface area contributed by atoms with Gasteiger partial charge in [0.15, 0.2) is 0 Å². The average molecular weight is 370 g/mol. The van der Waals surface area contributed by atoms with E-state index in [2.05, 4.69) is 54.7 Å². The Hall–Kier alpha value is -2.33. The van der Waals surface area contributed by atoms with Crippen LogP contribution >= 0.6 is 11.6 Å². The lowest BCUT2D eigenvalue weighted by atomic mass is 9.88. The summed E-state index contributed by atoms with van der Waals surface area (Å²) in [6.07, 6.45) is 5.77. The van der Waals surface area contributed by atoms with Gasteiger partial charge in [-0.3, -0.25) is 4.99 Å². The Morgan fingerprint density at radius 2 is 2.08 bits per heavy atom. The summed E-state index contributed by atoms with van der Waals surface area (Å²) in [5, 5.41) is 0.693. The van der Waals surface area contributed by atoms with Crippen LogP contribution in [0.25, 0.3) is 5.57 Å². The van der Waals surface area contributed by atoms with E-state index in [-0.39, 0.29) is 5.54 Å². The van der Waals surface area contributed by atoms with Crippen LogP contribution in [0.2, 0.25) is 5.02 Å². The Balaban J connectivity index is 1.98. The zero-order valence-corrected chi connectivity index (χ0v) is 16.6. The molecule has 0 spiro atoms. The molecular formula is C21H24ClN3O. The number of methoxy groups -OCH3 is 1. The molecule has 3 rings (SSSR count). The first-order chi connectivity index (χ1) is 12.4. The third kappa shape index (κ3) is 3.47. The minimum Gasteiger partial charge on any atom is -0.481 e. The molecule has 0 aliphatic carbocycles. The third-order valence-corrected chi connectivity index (χ3v) is 5.02. The fraction of sp³-hybridized carbons (Fsp3) is 0.333. The molecule has 136 valence electrons. The van der Waals surface area contributed by atoms with Crippen molar-refractivity contribution in [2.75, 3.05) is 18.6 Å². The third-order valence-electron chi connectivity index (χ3n) is 4.69. The number of nitrogens with zero attached hydrogens (tertiary/aromatic N) is 3. The number of halogens is 1. The largest absolute Gasteiger partial charge is 0.481 e. The molecule has 2 aromatic rings. The summed E-state index contributed by atoms with van der Waals surface area (Å²) >= 11 is 6.57. The SMILES string of the molecule is CCN1c2cc(Cl)c(C=Nc3ccc(OC)nc3)cc2C(C)=CC1(C)C. The normalized spacial score (nSPS) is 15.8. The number of aromatic nitrogens is 1. The van der Waals surface area contributed by atoms with E-state index in [4.69, 9.17) is 16.3 Å². The van der Waals surface area contributed by atoms with Gasteiger partial charge in [-0.05, 0) is 51.5 Å². The number of hydrogen-bond acceptors (Lipinski definition) is 4. The molecule has 26 heavy (non-hydrogen) atoms. The number of anilines is 1. The fourth-order valence-corrected chi connectivity index (χ4v) is 3.71. The molecule has 0 unspecified atom stereocenters. The number of fused-ring (bicyclic) bond motifs is 1. The van der Waals surface area contributed by atoms with Gasteiger partial charge in [0.1, 0.15) is 0 Å². The van der Waals surface area contributed by atoms with Gasteiger partial charge in [0, 0.05) is 35.6 Å². The Labute approximate surface area is 160 Å². The maximum absolute atomic E-state index is 6.57. The summed E-state index contributed by atoms with van der Waals surface area (Å²) in [4.78, 5) is 11.0. The Kier molecular flexibility index (Phi) is 5.05. The molecule has 4 nitrogen and oxygen atoms in total. The molecule has 0 saturated heterocycles. The van der Waals surface area contributed by atoms with Crippen LogP contribution in [0, 0.1) is 0 Å². The zero-order valence-electron chi connectivity index (χ0n) is 15.9. The first-order valence-corrected chi connectivity index (χ1v) is 9.08. The minimum atomic E-state index is -0.0282. The number of likely N-dealkylation sites (N-methyl/N-ethyl adjacent to an activating group) is 1. The Morgan fingerprint density at radius 1 is 1.31 bits per heavy atom. The van der Waals surface area contributed by atoms with Crippen LogP contribution < -0.4 is 9.64 Å². The predicted octanol–water partition coefficient (Wildman–Crippen LogP) is 5.52. The molecule has 0 bridgehead atoms. The van der Waals surface area contributed by atoms with Crippen LogP contribution in [0.1, 0.15) is 38.8 Å². The van der Waals surface area contributed by atoms with Gasteiger partial charge in [-0.1, -0.05) is 17.7 Å². The number of rotatable bonds is 4. The van der Waals surface area contributed by atoms with Gasteiger partial charge < -0.3 is 9.64 Å². The predicted molar refractivity (Wildman–Crippen MR) is 110 cm³/mol.